The Kier molecular flexibility index (Phi) is 2.99. The molecule has 3 rings (SSSR count). The standard InChI is InChI=1S/C16H15N3O/c1-10-7-8-13(11(2)9-10)17-16(20)15-12-5-3-4-6-14(12)18-19-15/h3-9H,1-2H3,(H,17,20)(H,18,19). The molecule has 1 amide bonds. The maximum Gasteiger partial charge on any atom is 0.276 e. The molecule has 1 aromatic heterocycles. The number of para-hydroxylation sites is 1. The van der Waals surface area contributed by atoms with Crippen LogP contribution < -0.4 is 5.32 Å². The zero-order chi connectivity index (χ0) is 14.1. The van der Waals surface area contributed by atoms with Crippen LogP contribution in [0.3, 0.4) is 0 Å². The molecule has 0 saturated heterocycles. The molecule has 0 aliphatic rings. The highest BCUT2D eigenvalue weighted by Gasteiger charge is 2.14. The van der Waals surface area contributed by atoms with Crippen LogP contribution in [0.2, 0.25) is 0 Å². The van der Waals surface area contributed by atoms with E-state index in [0.717, 1.165) is 22.2 Å². The zero-order valence-corrected chi connectivity index (χ0v) is 11.4. The van der Waals surface area contributed by atoms with Gasteiger partial charge in [-0.25, -0.2) is 0 Å². The van der Waals surface area contributed by atoms with Crippen LogP contribution in [0.25, 0.3) is 10.9 Å². The van der Waals surface area contributed by atoms with Crippen molar-refractivity contribution < 1.29 is 4.79 Å². The van der Waals surface area contributed by atoms with Gasteiger partial charge in [0.15, 0.2) is 5.69 Å². The molecule has 0 bridgehead atoms. The summed E-state index contributed by atoms with van der Waals surface area (Å²) in [5.41, 5.74) is 4.30. The van der Waals surface area contributed by atoms with Gasteiger partial charge in [-0.05, 0) is 31.5 Å². The summed E-state index contributed by atoms with van der Waals surface area (Å²) in [5.74, 6) is -0.200. The number of carbonyl (C=O) groups is 1. The summed E-state index contributed by atoms with van der Waals surface area (Å²) in [7, 11) is 0. The molecule has 20 heavy (non-hydrogen) atoms. The van der Waals surface area contributed by atoms with Gasteiger partial charge in [-0.2, -0.15) is 5.10 Å². The van der Waals surface area contributed by atoms with E-state index in [1.807, 2.05) is 56.3 Å². The summed E-state index contributed by atoms with van der Waals surface area (Å²) in [6.45, 7) is 4.01. The highest BCUT2D eigenvalue weighted by molar-refractivity contribution is 6.11. The van der Waals surface area contributed by atoms with Crippen molar-refractivity contribution in [1.82, 2.24) is 10.2 Å². The third-order valence-electron chi connectivity index (χ3n) is 3.32. The van der Waals surface area contributed by atoms with E-state index < -0.39 is 0 Å². The second kappa shape index (κ2) is 4.81. The lowest BCUT2D eigenvalue weighted by Crippen LogP contribution is -2.13. The van der Waals surface area contributed by atoms with Gasteiger partial charge in [-0.3, -0.25) is 9.89 Å². The largest absolute Gasteiger partial charge is 0.320 e. The minimum Gasteiger partial charge on any atom is -0.320 e. The fourth-order valence-corrected chi connectivity index (χ4v) is 2.27. The number of benzene rings is 2. The minimum atomic E-state index is -0.200. The number of hydrogen-bond acceptors (Lipinski definition) is 2. The Balaban J connectivity index is 1.93. The summed E-state index contributed by atoms with van der Waals surface area (Å²) in [4.78, 5) is 12.3. The molecule has 0 unspecified atom stereocenters. The predicted octanol–water partition coefficient (Wildman–Crippen LogP) is 3.43. The van der Waals surface area contributed by atoms with Gasteiger partial charge in [0.2, 0.25) is 0 Å². The molecule has 0 spiro atoms. The molecule has 1 heterocycles. The number of amides is 1. The van der Waals surface area contributed by atoms with Crippen LogP contribution in [0.4, 0.5) is 5.69 Å². The van der Waals surface area contributed by atoms with Gasteiger partial charge in [0.05, 0.1) is 5.52 Å². The first-order chi connectivity index (χ1) is 9.65. The van der Waals surface area contributed by atoms with Crippen LogP contribution in [-0.4, -0.2) is 16.1 Å². The lowest BCUT2D eigenvalue weighted by atomic mass is 10.1. The summed E-state index contributed by atoms with van der Waals surface area (Å²) in [6.07, 6.45) is 0. The first kappa shape index (κ1) is 12.4. The fourth-order valence-electron chi connectivity index (χ4n) is 2.27. The molecule has 4 nitrogen and oxygen atoms in total. The maximum atomic E-state index is 12.3. The van der Waals surface area contributed by atoms with Crippen molar-refractivity contribution in [3.05, 3.63) is 59.3 Å². The number of nitrogens with zero attached hydrogens (tertiary/aromatic N) is 1. The smallest absolute Gasteiger partial charge is 0.276 e. The fraction of sp³-hybridized carbons (Fsp3) is 0.125. The van der Waals surface area contributed by atoms with Crippen LogP contribution in [-0.2, 0) is 0 Å². The lowest BCUT2D eigenvalue weighted by Gasteiger charge is -2.08. The molecule has 0 atom stereocenters. The number of rotatable bonds is 2. The molecule has 3 aromatic rings. The number of anilines is 1. The van der Waals surface area contributed by atoms with Crippen molar-refractivity contribution in [3.8, 4) is 0 Å². The van der Waals surface area contributed by atoms with Crippen molar-refractivity contribution in [1.29, 1.82) is 0 Å². The van der Waals surface area contributed by atoms with E-state index in [1.54, 1.807) is 0 Å². The van der Waals surface area contributed by atoms with E-state index in [9.17, 15) is 4.79 Å². The topological polar surface area (TPSA) is 57.8 Å². The molecule has 0 aliphatic heterocycles. The molecule has 2 N–H and O–H groups in total. The highest BCUT2D eigenvalue weighted by atomic mass is 16.1. The second-order valence-electron chi connectivity index (χ2n) is 4.89. The molecule has 0 radical (unpaired) electrons. The number of aryl methyl sites for hydroxylation is 2. The van der Waals surface area contributed by atoms with Gasteiger partial charge in [0, 0.05) is 11.1 Å². The van der Waals surface area contributed by atoms with Gasteiger partial charge in [-0.1, -0.05) is 35.9 Å². The minimum absolute atomic E-state index is 0.200. The second-order valence-corrected chi connectivity index (χ2v) is 4.89. The number of fused-ring (bicyclic) bond motifs is 1. The van der Waals surface area contributed by atoms with Crippen LogP contribution in [0.1, 0.15) is 21.6 Å². The van der Waals surface area contributed by atoms with E-state index in [4.69, 9.17) is 0 Å². The van der Waals surface area contributed by atoms with Crippen molar-refractivity contribution in [3.63, 3.8) is 0 Å². The lowest BCUT2D eigenvalue weighted by molar-refractivity contribution is 0.102. The third-order valence-corrected chi connectivity index (χ3v) is 3.32. The Morgan fingerprint density at radius 2 is 1.95 bits per heavy atom. The molecule has 0 aliphatic carbocycles. The normalized spacial score (nSPS) is 10.7. The summed E-state index contributed by atoms with van der Waals surface area (Å²) in [5, 5.41) is 10.7. The summed E-state index contributed by atoms with van der Waals surface area (Å²) < 4.78 is 0. The van der Waals surface area contributed by atoms with E-state index >= 15 is 0 Å². The van der Waals surface area contributed by atoms with E-state index in [-0.39, 0.29) is 5.91 Å². The molecule has 0 fully saturated rings. The number of aromatic nitrogens is 2. The van der Waals surface area contributed by atoms with Crippen molar-refractivity contribution in [2.75, 3.05) is 5.32 Å². The van der Waals surface area contributed by atoms with Gasteiger partial charge < -0.3 is 5.32 Å². The predicted molar refractivity (Wildman–Crippen MR) is 80.0 cm³/mol. The average Bonchev–Trinajstić information content (AvgIpc) is 2.86. The van der Waals surface area contributed by atoms with Gasteiger partial charge in [0.1, 0.15) is 0 Å². The third kappa shape index (κ3) is 2.16. The van der Waals surface area contributed by atoms with Crippen molar-refractivity contribution >= 4 is 22.5 Å². The van der Waals surface area contributed by atoms with Crippen LogP contribution in [0.15, 0.2) is 42.5 Å². The number of aromatic amines is 1. The number of nitrogens with one attached hydrogen (secondary N) is 2. The first-order valence-electron chi connectivity index (χ1n) is 6.47. The van der Waals surface area contributed by atoms with Gasteiger partial charge in [-0.15, -0.1) is 0 Å². The monoisotopic (exact) mass is 265 g/mol. The summed E-state index contributed by atoms with van der Waals surface area (Å²) >= 11 is 0. The number of hydrogen-bond donors (Lipinski definition) is 2. The quantitative estimate of drug-likeness (QED) is 0.745. The van der Waals surface area contributed by atoms with E-state index in [0.29, 0.717) is 5.69 Å². The zero-order valence-electron chi connectivity index (χ0n) is 11.4. The Labute approximate surface area is 116 Å². The van der Waals surface area contributed by atoms with Gasteiger partial charge >= 0.3 is 0 Å². The Hall–Kier alpha value is -2.62. The molecular formula is C16H15N3O. The molecule has 4 heteroatoms. The van der Waals surface area contributed by atoms with Crippen LogP contribution >= 0.6 is 0 Å². The van der Waals surface area contributed by atoms with E-state index in [2.05, 4.69) is 15.5 Å². The Morgan fingerprint density at radius 3 is 2.75 bits per heavy atom. The molecule has 2 aromatic carbocycles. The Bertz CT molecular complexity index is 789. The van der Waals surface area contributed by atoms with Crippen molar-refractivity contribution in [2.24, 2.45) is 0 Å². The first-order valence-corrected chi connectivity index (χ1v) is 6.47. The SMILES string of the molecule is Cc1ccc(NC(=O)c2n[nH]c3ccccc23)c(C)c1. The van der Waals surface area contributed by atoms with E-state index in [1.165, 1.54) is 5.56 Å². The van der Waals surface area contributed by atoms with Gasteiger partial charge in [0.25, 0.3) is 5.91 Å². The number of carbonyl (C=O) groups excluding carboxylic acids is 1. The molecular weight excluding hydrogens is 250 g/mol. The molecule has 100 valence electrons. The summed E-state index contributed by atoms with van der Waals surface area (Å²) in [6, 6.07) is 13.5. The molecule has 0 saturated carbocycles. The average molecular weight is 265 g/mol. The van der Waals surface area contributed by atoms with Crippen LogP contribution in [0.5, 0.6) is 0 Å². The van der Waals surface area contributed by atoms with Crippen LogP contribution in [0, 0.1) is 13.8 Å². The number of H-pyrrole nitrogens is 1. The Morgan fingerprint density at radius 1 is 1.15 bits per heavy atom. The van der Waals surface area contributed by atoms with Crippen molar-refractivity contribution in [2.45, 2.75) is 13.8 Å². The highest BCUT2D eigenvalue weighted by Crippen LogP contribution is 2.19. The maximum absolute atomic E-state index is 12.3.